The lowest BCUT2D eigenvalue weighted by Gasteiger charge is -2.23. The number of aryl methyl sites for hydroxylation is 2. The van der Waals surface area contributed by atoms with E-state index in [2.05, 4.69) is 58.0 Å². The smallest absolute Gasteiger partial charge is 0.0685 e. The molecule has 1 aliphatic heterocycles. The zero-order valence-electron chi connectivity index (χ0n) is 14.1. The Morgan fingerprint density at radius 3 is 2.52 bits per heavy atom. The summed E-state index contributed by atoms with van der Waals surface area (Å²) in [6.45, 7) is 10.3. The van der Waals surface area contributed by atoms with Gasteiger partial charge < -0.3 is 4.74 Å². The van der Waals surface area contributed by atoms with Crippen molar-refractivity contribution in [3.05, 3.63) is 52.3 Å². The van der Waals surface area contributed by atoms with Crippen LogP contribution in [-0.2, 0) is 11.3 Å². The molecule has 0 radical (unpaired) electrons. The fraction of sp³-hybridized carbons (Fsp3) is 0.444. The summed E-state index contributed by atoms with van der Waals surface area (Å²) in [6, 6.07) is 8.60. The summed E-state index contributed by atoms with van der Waals surface area (Å²) in [6.07, 6.45) is 1.94. The van der Waals surface area contributed by atoms with Crippen LogP contribution in [0.4, 0.5) is 0 Å². The Bertz CT molecular complexity index is 682. The Morgan fingerprint density at radius 2 is 1.83 bits per heavy atom. The van der Waals surface area contributed by atoms with Crippen LogP contribution in [0.5, 0.6) is 0 Å². The van der Waals surface area contributed by atoms with Gasteiger partial charge in [-0.2, -0.15) is 10.2 Å². The fourth-order valence-corrected chi connectivity index (χ4v) is 2.73. The van der Waals surface area contributed by atoms with Crippen molar-refractivity contribution in [2.45, 2.75) is 27.3 Å². The zero-order chi connectivity index (χ0) is 16.2. The highest BCUT2D eigenvalue weighted by Crippen LogP contribution is 2.14. The van der Waals surface area contributed by atoms with Crippen LogP contribution in [0.2, 0.25) is 0 Å². The second-order valence-corrected chi connectivity index (χ2v) is 6.04. The van der Waals surface area contributed by atoms with Crippen LogP contribution in [0.3, 0.4) is 0 Å². The van der Waals surface area contributed by atoms with E-state index in [1.54, 1.807) is 0 Å². The van der Waals surface area contributed by atoms with Gasteiger partial charge >= 0.3 is 0 Å². The van der Waals surface area contributed by atoms with Gasteiger partial charge in [0.1, 0.15) is 0 Å². The quantitative estimate of drug-likeness (QED) is 0.815. The van der Waals surface area contributed by atoms with Gasteiger partial charge in [0.05, 0.1) is 44.8 Å². The van der Waals surface area contributed by atoms with Gasteiger partial charge in [0.25, 0.3) is 0 Å². The Labute approximate surface area is 137 Å². The van der Waals surface area contributed by atoms with E-state index in [0.717, 1.165) is 49.8 Å². The maximum Gasteiger partial charge on any atom is 0.0685 e. The average Bonchev–Trinajstić information content (AvgIpc) is 2.82. The fourth-order valence-electron chi connectivity index (χ4n) is 2.73. The largest absolute Gasteiger partial charge is 0.378 e. The summed E-state index contributed by atoms with van der Waals surface area (Å²) >= 11 is 0. The third-order valence-electron chi connectivity index (χ3n) is 4.23. The molecule has 2 heterocycles. The summed E-state index contributed by atoms with van der Waals surface area (Å²) in [5.41, 5.74) is 5.83. The minimum atomic E-state index is 0.752. The van der Waals surface area contributed by atoms with Gasteiger partial charge in [-0.15, -0.1) is 0 Å². The van der Waals surface area contributed by atoms with Gasteiger partial charge in [-0.3, -0.25) is 9.69 Å². The Hall–Kier alpha value is -2.14. The first-order chi connectivity index (χ1) is 11.1. The molecule has 0 atom stereocenters. The number of ether oxygens (including phenoxy) is 1. The molecule has 0 amide bonds. The minimum Gasteiger partial charge on any atom is -0.378 e. The highest BCUT2D eigenvalue weighted by molar-refractivity contribution is 5.82. The molecular formula is C18H24N4O. The van der Waals surface area contributed by atoms with Crippen LogP contribution in [-0.4, -0.2) is 47.3 Å². The van der Waals surface area contributed by atoms with Crippen LogP contribution in [0.15, 0.2) is 29.4 Å². The van der Waals surface area contributed by atoms with Gasteiger partial charge in [-0.25, -0.2) is 0 Å². The highest BCUT2D eigenvalue weighted by atomic mass is 16.5. The van der Waals surface area contributed by atoms with Crippen molar-refractivity contribution in [3.8, 4) is 0 Å². The van der Waals surface area contributed by atoms with Crippen molar-refractivity contribution in [3.63, 3.8) is 0 Å². The maximum atomic E-state index is 5.35. The molecule has 23 heavy (non-hydrogen) atoms. The summed E-state index contributed by atoms with van der Waals surface area (Å²) in [5, 5.41) is 11.3. The number of rotatable bonds is 4. The molecule has 2 aromatic rings. The number of hydrazone groups is 1. The van der Waals surface area contributed by atoms with Crippen LogP contribution in [0.25, 0.3) is 0 Å². The number of benzene rings is 1. The Kier molecular flexibility index (Phi) is 4.76. The molecule has 1 saturated heterocycles. The van der Waals surface area contributed by atoms with Crippen LogP contribution < -0.4 is 0 Å². The first-order valence-corrected chi connectivity index (χ1v) is 8.10. The number of hydrogen-bond acceptors (Lipinski definition) is 4. The molecule has 0 bridgehead atoms. The molecule has 0 unspecified atom stereocenters. The van der Waals surface area contributed by atoms with E-state index in [1.165, 1.54) is 11.1 Å². The molecule has 3 rings (SSSR count). The van der Waals surface area contributed by atoms with Gasteiger partial charge in [-0.1, -0.05) is 29.8 Å². The molecule has 1 fully saturated rings. The number of aromatic nitrogens is 2. The molecular weight excluding hydrogens is 288 g/mol. The molecule has 1 aromatic carbocycles. The van der Waals surface area contributed by atoms with Crippen molar-refractivity contribution in [2.24, 2.45) is 5.10 Å². The third-order valence-corrected chi connectivity index (χ3v) is 4.23. The normalized spacial score (nSPS) is 15.5. The summed E-state index contributed by atoms with van der Waals surface area (Å²) in [4.78, 5) is 0. The standard InChI is InChI=1S/C18H24N4O/c1-14-4-6-17(7-5-14)13-22-16(3)18(15(2)20-22)12-19-21-8-10-23-11-9-21/h4-7,12H,8-11,13H2,1-3H3/b19-12-. The van der Waals surface area contributed by atoms with Crippen molar-refractivity contribution < 1.29 is 4.74 Å². The van der Waals surface area contributed by atoms with Crippen molar-refractivity contribution in [2.75, 3.05) is 26.3 Å². The zero-order valence-corrected chi connectivity index (χ0v) is 14.1. The van der Waals surface area contributed by atoms with Gasteiger partial charge in [-0.05, 0) is 26.3 Å². The van der Waals surface area contributed by atoms with Gasteiger partial charge in [0, 0.05) is 11.3 Å². The lowest BCUT2D eigenvalue weighted by atomic mass is 10.1. The molecule has 122 valence electrons. The van der Waals surface area contributed by atoms with E-state index in [9.17, 15) is 0 Å². The molecule has 5 nitrogen and oxygen atoms in total. The molecule has 5 heteroatoms. The Balaban J connectivity index is 1.75. The second-order valence-electron chi connectivity index (χ2n) is 6.04. The highest BCUT2D eigenvalue weighted by Gasteiger charge is 2.12. The molecule has 0 aliphatic carbocycles. The van der Waals surface area contributed by atoms with Crippen LogP contribution in [0, 0.1) is 20.8 Å². The molecule has 1 aliphatic rings. The predicted octanol–water partition coefficient (Wildman–Crippen LogP) is 2.52. The number of nitrogens with zero attached hydrogens (tertiary/aromatic N) is 4. The molecule has 0 N–H and O–H groups in total. The van der Waals surface area contributed by atoms with Crippen molar-refractivity contribution in [1.29, 1.82) is 0 Å². The summed E-state index contributed by atoms with van der Waals surface area (Å²) in [7, 11) is 0. The molecule has 0 spiro atoms. The SMILES string of the molecule is Cc1ccc(Cn2nc(C)c(/C=N\N3CCOCC3)c2C)cc1. The third kappa shape index (κ3) is 3.79. The van der Waals surface area contributed by atoms with Gasteiger partial charge in [0.15, 0.2) is 0 Å². The van der Waals surface area contributed by atoms with E-state index in [-0.39, 0.29) is 0 Å². The number of hydrogen-bond donors (Lipinski definition) is 0. The van der Waals surface area contributed by atoms with Crippen LogP contribution in [0.1, 0.15) is 28.1 Å². The summed E-state index contributed by atoms with van der Waals surface area (Å²) in [5.74, 6) is 0. The van der Waals surface area contributed by atoms with Crippen molar-refractivity contribution in [1.82, 2.24) is 14.8 Å². The average molecular weight is 312 g/mol. The number of morpholine rings is 1. The van der Waals surface area contributed by atoms with E-state index < -0.39 is 0 Å². The predicted molar refractivity (Wildman–Crippen MR) is 92.0 cm³/mol. The first-order valence-electron chi connectivity index (χ1n) is 8.10. The van der Waals surface area contributed by atoms with E-state index in [1.807, 2.05) is 13.1 Å². The minimum absolute atomic E-state index is 0.752. The second kappa shape index (κ2) is 6.96. The van der Waals surface area contributed by atoms with Crippen LogP contribution >= 0.6 is 0 Å². The topological polar surface area (TPSA) is 42.7 Å². The lowest BCUT2D eigenvalue weighted by Crippen LogP contribution is -2.32. The van der Waals surface area contributed by atoms with Crippen molar-refractivity contribution >= 4 is 6.21 Å². The Morgan fingerprint density at radius 1 is 1.13 bits per heavy atom. The van der Waals surface area contributed by atoms with E-state index >= 15 is 0 Å². The van der Waals surface area contributed by atoms with E-state index in [0.29, 0.717) is 0 Å². The summed E-state index contributed by atoms with van der Waals surface area (Å²) < 4.78 is 7.40. The van der Waals surface area contributed by atoms with Gasteiger partial charge in [0.2, 0.25) is 0 Å². The molecule has 0 saturated carbocycles. The molecule has 1 aromatic heterocycles. The first kappa shape index (κ1) is 15.7. The maximum absolute atomic E-state index is 5.35. The van der Waals surface area contributed by atoms with E-state index in [4.69, 9.17) is 4.74 Å². The lowest BCUT2D eigenvalue weighted by molar-refractivity contribution is 0.0397. The monoisotopic (exact) mass is 312 g/mol.